The van der Waals surface area contributed by atoms with E-state index in [1.54, 1.807) is 24.3 Å². The molecule has 3 nitrogen and oxygen atoms in total. The second-order valence-corrected chi connectivity index (χ2v) is 5.62. The molecule has 1 aliphatic rings. The first-order chi connectivity index (χ1) is 9.15. The van der Waals surface area contributed by atoms with E-state index in [4.69, 9.17) is 16.3 Å². The first-order valence-electron chi connectivity index (χ1n) is 6.70. The van der Waals surface area contributed by atoms with Crippen LogP contribution in [0.15, 0.2) is 24.3 Å². The van der Waals surface area contributed by atoms with Gasteiger partial charge >= 0.3 is 0 Å². The van der Waals surface area contributed by atoms with E-state index in [2.05, 4.69) is 4.90 Å². The zero-order valence-electron chi connectivity index (χ0n) is 11.3. The van der Waals surface area contributed by atoms with Gasteiger partial charge in [-0.25, -0.2) is 0 Å². The Morgan fingerprint density at radius 2 is 1.95 bits per heavy atom. The fourth-order valence-electron chi connectivity index (χ4n) is 2.41. The predicted molar refractivity (Wildman–Crippen MR) is 76.8 cm³/mol. The van der Waals surface area contributed by atoms with Crippen molar-refractivity contribution in [2.24, 2.45) is 5.92 Å². The van der Waals surface area contributed by atoms with E-state index in [1.807, 2.05) is 7.05 Å². The average Bonchev–Trinajstić information content (AvgIpc) is 2.40. The number of ketones is 1. The van der Waals surface area contributed by atoms with E-state index in [-0.39, 0.29) is 5.78 Å². The lowest BCUT2D eigenvalue weighted by atomic mass is 9.99. The van der Waals surface area contributed by atoms with Crippen molar-refractivity contribution in [3.8, 4) is 0 Å². The van der Waals surface area contributed by atoms with Crippen molar-refractivity contribution < 1.29 is 9.53 Å². The van der Waals surface area contributed by atoms with Gasteiger partial charge in [0.1, 0.15) is 0 Å². The van der Waals surface area contributed by atoms with Crippen LogP contribution in [0.25, 0.3) is 0 Å². The average molecular weight is 282 g/mol. The minimum Gasteiger partial charge on any atom is -0.381 e. The highest BCUT2D eigenvalue weighted by Gasteiger charge is 2.17. The number of hydrogen-bond donors (Lipinski definition) is 0. The fraction of sp³-hybridized carbons (Fsp3) is 0.533. The lowest BCUT2D eigenvalue weighted by Crippen LogP contribution is -2.33. The van der Waals surface area contributed by atoms with Crippen LogP contribution < -0.4 is 0 Å². The summed E-state index contributed by atoms with van der Waals surface area (Å²) < 4.78 is 5.34. The molecule has 0 spiro atoms. The number of Topliss-reactive ketones (excluding diaryl/α,β-unsaturated/α-hetero) is 1. The van der Waals surface area contributed by atoms with E-state index in [1.165, 1.54) is 0 Å². The molecular weight excluding hydrogens is 262 g/mol. The quantitative estimate of drug-likeness (QED) is 0.777. The minimum atomic E-state index is 0.145. The Balaban J connectivity index is 1.82. The van der Waals surface area contributed by atoms with E-state index in [0.717, 1.165) is 38.2 Å². The highest BCUT2D eigenvalue weighted by atomic mass is 35.5. The summed E-state index contributed by atoms with van der Waals surface area (Å²) in [7, 11) is 2.00. The van der Waals surface area contributed by atoms with Crippen LogP contribution in [0.5, 0.6) is 0 Å². The highest BCUT2D eigenvalue weighted by molar-refractivity contribution is 6.30. The molecule has 1 aromatic rings. The number of rotatable bonds is 5. The standard InChI is InChI=1S/C15H20ClNO2/c1-17(10-12-6-8-19-9-7-12)11-15(18)13-2-4-14(16)5-3-13/h2-5,12H,6-11H2,1H3. The topological polar surface area (TPSA) is 29.5 Å². The molecule has 0 saturated carbocycles. The zero-order valence-corrected chi connectivity index (χ0v) is 12.0. The number of halogens is 1. The van der Waals surface area contributed by atoms with Crippen molar-refractivity contribution in [2.75, 3.05) is 33.4 Å². The van der Waals surface area contributed by atoms with E-state index < -0.39 is 0 Å². The minimum absolute atomic E-state index is 0.145. The Morgan fingerprint density at radius 3 is 2.58 bits per heavy atom. The molecule has 0 aromatic heterocycles. The van der Waals surface area contributed by atoms with Gasteiger partial charge in [0.15, 0.2) is 5.78 Å². The van der Waals surface area contributed by atoms with Gasteiger partial charge in [-0.3, -0.25) is 9.69 Å². The summed E-state index contributed by atoms with van der Waals surface area (Å²) in [5, 5.41) is 0.659. The molecule has 4 heteroatoms. The molecule has 0 amide bonds. The van der Waals surface area contributed by atoms with Crippen LogP contribution in [0, 0.1) is 5.92 Å². The van der Waals surface area contributed by atoms with Gasteiger partial charge in [-0.15, -0.1) is 0 Å². The summed E-state index contributed by atoms with van der Waals surface area (Å²) in [4.78, 5) is 14.2. The smallest absolute Gasteiger partial charge is 0.176 e. The molecule has 1 aromatic carbocycles. The van der Waals surface area contributed by atoms with Crippen LogP contribution in [0.1, 0.15) is 23.2 Å². The molecular formula is C15H20ClNO2. The van der Waals surface area contributed by atoms with Crippen LogP contribution in [0.3, 0.4) is 0 Å². The molecule has 0 radical (unpaired) electrons. The van der Waals surface area contributed by atoms with Gasteiger partial charge in [0, 0.05) is 30.3 Å². The number of likely N-dealkylation sites (N-methyl/N-ethyl adjacent to an activating group) is 1. The van der Waals surface area contributed by atoms with Crippen molar-refractivity contribution >= 4 is 17.4 Å². The summed E-state index contributed by atoms with van der Waals surface area (Å²) in [6, 6.07) is 7.08. The first-order valence-corrected chi connectivity index (χ1v) is 7.08. The number of carbonyl (C=O) groups excluding carboxylic acids is 1. The number of nitrogens with zero attached hydrogens (tertiary/aromatic N) is 1. The Kier molecular flexibility index (Phi) is 5.37. The maximum Gasteiger partial charge on any atom is 0.176 e. The van der Waals surface area contributed by atoms with Crippen LogP contribution in [-0.2, 0) is 4.74 Å². The summed E-state index contributed by atoms with van der Waals surface area (Å²) in [5.74, 6) is 0.794. The second kappa shape index (κ2) is 7.04. The lowest BCUT2D eigenvalue weighted by Gasteiger charge is -2.26. The molecule has 0 aliphatic carbocycles. The lowest BCUT2D eigenvalue weighted by molar-refractivity contribution is 0.0549. The number of carbonyl (C=O) groups is 1. The normalized spacial score (nSPS) is 16.8. The van der Waals surface area contributed by atoms with Gasteiger partial charge in [0.2, 0.25) is 0 Å². The van der Waals surface area contributed by atoms with Crippen molar-refractivity contribution in [1.29, 1.82) is 0 Å². The maximum atomic E-state index is 12.1. The van der Waals surface area contributed by atoms with Crippen LogP contribution in [0.2, 0.25) is 5.02 Å². The van der Waals surface area contributed by atoms with Gasteiger partial charge in [0.05, 0.1) is 6.54 Å². The monoisotopic (exact) mass is 281 g/mol. The second-order valence-electron chi connectivity index (χ2n) is 5.18. The highest BCUT2D eigenvalue weighted by Crippen LogP contribution is 2.16. The molecule has 0 atom stereocenters. The zero-order chi connectivity index (χ0) is 13.7. The Labute approximate surface area is 119 Å². The van der Waals surface area contributed by atoms with Gasteiger partial charge in [-0.2, -0.15) is 0 Å². The predicted octanol–water partition coefficient (Wildman–Crippen LogP) is 2.88. The molecule has 1 aliphatic heterocycles. The fourth-order valence-corrected chi connectivity index (χ4v) is 2.53. The number of hydrogen-bond acceptors (Lipinski definition) is 3. The van der Waals surface area contributed by atoms with Gasteiger partial charge in [-0.05, 0) is 50.1 Å². The Bertz CT molecular complexity index is 413. The molecule has 0 N–H and O–H groups in total. The third kappa shape index (κ3) is 4.60. The van der Waals surface area contributed by atoms with E-state index in [9.17, 15) is 4.79 Å². The van der Waals surface area contributed by atoms with Gasteiger partial charge in [-0.1, -0.05) is 11.6 Å². The molecule has 19 heavy (non-hydrogen) atoms. The van der Waals surface area contributed by atoms with Crippen molar-refractivity contribution in [2.45, 2.75) is 12.8 Å². The number of ether oxygens (including phenoxy) is 1. The molecule has 1 saturated heterocycles. The number of benzene rings is 1. The van der Waals surface area contributed by atoms with Crippen LogP contribution in [-0.4, -0.2) is 44.0 Å². The van der Waals surface area contributed by atoms with Crippen LogP contribution in [0.4, 0.5) is 0 Å². The maximum absolute atomic E-state index is 12.1. The van der Waals surface area contributed by atoms with Gasteiger partial charge < -0.3 is 4.74 Å². The van der Waals surface area contributed by atoms with Gasteiger partial charge in [0.25, 0.3) is 0 Å². The van der Waals surface area contributed by atoms with E-state index >= 15 is 0 Å². The molecule has 2 rings (SSSR count). The molecule has 104 valence electrons. The first kappa shape index (κ1) is 14.5. The SMILES string of the molecule is CN(CC(=O)c1ccc(Cl)cc1)CC1CCOCC1. The van der Waals surface area contributed by atoms with Crippen molar-refractivity contribution in [3.63, 3.8) is 0 Å². The molecule has 1 heterocycles. The summed E-state index contributed by atoms with van der Waals surface area (Å²) in [6.07, 6.45) is 2.19. The summed E-state index contributed by atoms with van der Waals surface area (Å²) in [6.45, 7) is 3.12. The van der Waals surface area contributed by atoms with Crippen LogP contribution >= 0.6 is 11.6 Å². The third-order valence-electron chi connectivity index (χ3n) is 3.49. The Morgan fingerprint density at radius 1 is 1.32 bits per heavy atom. The summed E-state index contributed by atoms with van der Waals surface area (Å²) >= 11 is 5.82. The molecule has 1 fully saturated rings. The molecule has 0 bridgehead atoms. The van der Waals surface area contributed by atoms with Crippen molar-refractivity contribution in [3.05, 3.63) is 34.9 Å². The third-order valence-corrected chi connectivity index (χ3v) is 3.74. The van der Waals surface area contributed by atoms with Crippen molar-refractivity contribution in [1.82, 2.24) is 4.90 Å². The Hall–Kier alpha value is -0.900. The largest absolute Gasteiger partial charge is 0.381 e. The summed E-state index contributed by atoms with van der Waals surface area (Å²) in [5.41, 5.74) is 0.725. The molecule has 0 unspecified atom stereocenters. The van der Waals surface area contributed by atoms with E-state index in [0.29, 0.717) is 17.5 Å².